The van der Waals surface area contributed by atoms with Crippen LogP contribution in [0.3, 0.4) is 0 Å². The summed E-state index contributed by atoms with van der Waals surface area (Å²) < 4.78 is 32.9. The van der Waals surface area contributed by atoms with E-state index >= 15 is 0 Å². The summed E-state index contributed by atoms with van der Waals surface area (Å²) in [5, 5.41) is 13.8. The van der Waals surface area contributed by atoms with E-state index < -0.39 is 22.2 Å². The summed E-state index contributed by atoms with van der Waals surface area (Å²) >= 11 is 0. The normalized spacial score (nSPS) is 25.6. The predicted octanol–water partition coefficient (Wildman–Crippen LogP) is 3.63. The first-order chi connectivity index (χ1) is 9.86. The van der Waals surface area contributed by atoms with Gasteiger partial charge in [-0.25, -0.2) is 8.78 Å². The van der Waals surface area contributed by atoms with Crippen molar-refractivity contribution in [3.8, 4) is 0 Å². The van der Waals surface area contributed by atoms with Gasteiger partial charge in [0.05, 0.1) is 10.5 Å². The molecule has 116 valence electrons. The second kappa shape index (κ2) is 5.93. The van der Waals surface area contributed by atoms with E-state index in [1.165, 1.54) is 0 Å². The molecular weight excluding hydrogens is 282 g/mol. The molecule has 7 heteroatoms. The molecule has 1 aromatic rings. The fraction of sp³-hybridized carbons (Fsp3) is 0.571. The highest BCUT2D eigenvalue weighted by Crippen LogP contribution is 2.34. The van der Waals surface area contributed by atoms with E-state index in [1.54, 1.807) is 0 Å². The fourth-order valence-corrected chi connectivity index (χ4v) is 2.53. The number of nitrogens with one attached hydrogen (secondary N) is 1. The molecule has 1 N–H and O–H groups in total. The van der Waals surface area contributed by atoms with Crippen molar-refractivity contribution in [1.29, 1.82) is 0 Å². The average Bonchev–Trinajstić information content (AvgIpc) is 2.44. The van der Waals surface area contributed by atoms with E-state index in [0.29, 0.717) is 19.4 Å². The molecule has 1 heterocycles. The standard InChI is InChI=1S/C14H18F2N2O3/c1-3-14(2)8-9(6-7-21-14)17-13-11(18(19)20)5-4-10(15)12(13)16/h4-5,9,17H,3,6-8H2,1-2H3. The lowest BCUT2D eigenvalue weighted by molar-refractivity contribution is -0.384. The summed E-state index contributed by atoms with van der Waals surface area (Å²) in [5.41, 5.74) is -1.20. The van der Waals surface area contributed by atoms with Gasteiger partial charge in [-0.3, -0.25) is 10.1 Å². The predicted molar refractivity (Wildman–Crippen MR) is 74.3 cm³/mol. The Balaban J connectivity index is 2.26. The molecule has 0 radical (unpaired) electrons. The molecular formula is C14H18F2N2O3. The van der Waals surface area contributed by atoms with Crippen LogP contribution in [0.2, 0.25) is 0 Å². The summed E-state index contributed by atoms with van der Waals surface area (Å²) in [4.78, 5) is 10.2. The summed E-state index contributed by atoms with van der Waals surface area (Å²) in [6, 6.07) is 1.54. The van der Waals surface area contributed by atoms with Crippen LogP contribution in [-0.4, -0.2) is 23.2 Å². The molecule has 21 heavy (non-hydrogen) atoms. The minimum atomic E-state index is -1.21. The number of anilines is 1. The Kier molecular flexibility index (Phi) is 4.41. The molecule has 2 rings (SSSR count). The molecule has 5 nitrogen and oxygen atoms in total. The lowest BCUT2D eigenvalue weighted by atomic mass is 9.89. The van der Waals surface area contributed by atoms with Crippen LogP contribution in [0.4, 0.5) is 20.2 Å². The molecule has 0 bridgehead atoms. The average molecular weight is 300 g/mol. The van der Waals surface area contributed by atoms with E-state index in [9.17, 15) is 18.9 Å². The third-order valence-electron chi connectivity index (χ3n) is 3.96. The molecule has 1 aromatic carbocycles. The third-order valence-corrected chi connectivity index (χ3v) is 3.96. The van der Waals surface area contributed by atoms with E-state index in [0.717, 1.165) is 18.6 Å². The van der Waals surface area contributed by atoms with Crippen molar-refractivity contribution in [2.75, 3.05) is 11.9 Å². The van der Waals surface area contributed by atoms with Gasteiger partial charge in [-0.05, 0) is 32.3 Å². The molecule has 0 saturated carbocycles. The maximum Gasteiger partial charge on any atom is 0.295 e. The van der Waals surface area contributed by atoms with Gasteiger partial charge in [-0.15, -0.1) is 0 Å². The molecule has 0 amide bonds. The smallest absolute Gasteiger partial charge is 0.295 e. The molecule has 0 aromatic heterocycles. The van der Waals surface area contributed by atoms with Crippen molar-refractivity contribution in [3.05, 3.63) is 33.9 Å². The number of hydrogen-bond acceptors (Lipinski definition) is 4. The van der Waals surface area contributed by atoms with Gasteiger partial charge in [0.1, 0.15) is 0 Å². The number of benzene rings is 1. The summed E-state index contributed by atoms with van der Waals surface area (Å²) in [5.74, 6) is -2.32. The van der Waals surface area contributed by atoms with Crippen LogP contribution >= 0.6 is 0 Å². The maximum atomic E-state index is 13.9. The minimum Gasteiger partial charge on any atom is -0.375 e. The summed E-state index contributed by atoms with van der Waals surface area (Å²) in [6.45, 7) is 4.40. The van der Waals surface area contributed by atoms with Crippen LogP contribution in [0.25, 0.3) is 0 Å². The molecule has 2 atom stereocenters. The van der Waals surface area contributed by atoms with Gasteiger partial charge in [-0.2, -0.15) is 0 Å². The molecule has 1 aliphatic heterocycles. The Labute approximate surface area is 121 Å². The van der Waals surface area contributed by atoms with Crippen LogP contribution in [0.15, 0.2) is 12.1 Å². The lowest BCUT2D eigenvalue weighted by Gasteiger charge is -2.38. The van der Waals surface area contributed by atoms with Gasteiger partial charge in [-0.1, -0.05) is 6.92 Å². The van der Waals surface area contributed by atoms with Gasteiger partial charge in [0, 0.05) is 18.7 Å². The van der Waals surface area contributed by atoms with Gasteiger partial charge >= 0.3 is 0 Å². The van der Waals surface area contributed by atoms with Crippen molar-refractivity contribution in [2.45, 2.75) is 44.8 Å². The van der Waals surface area contributed by atoms with E-state index in [2.05, 4.69) is 5.32 Å². The maximum absolute atomic E-state index is 13.9. The first-order valence-corrected chi connectivity index (χ1v) is 6.89. The number of nitro benzene ring substituents is 1. The molecule has 0 spiro atoms. The van der Waals surface area contributed by atoms with Gasteiger partial charge in [0.2, 0.25) is 0 Å². The topological polar surface area (TPSA) is 64.4 Å². The number of hydrogen-bond donors (Lipinski definition) is 1. The quantitative estimate of drug-likeness (QED) is 0.681. The number of nitrogens with zero attached hydrogens (tertiary/aromatic N) is 1. The van der Waals surface area contributed by atoms with Gasteiger partial charge < -0.3 is 10.1 Å². The molecule has 1 aliphatic rings. The number of halogens is 2. The lowest BCUT2D eigenvalue weighted by Crippen LogP contribution is -2.42. The Morgan fingerprint density at radius 3 is 2.86 bits per heavy atom. The largest absolute Gasteiger partial charge is 0.375 e. The van der Waals surface area contributed by atoms with Crippen LogP contribution in [0, 0.1) is 21.7 Å². The zero-order valence-electron chi connectivity index (χ0n) is 12.0. The van der Waals surface area contributed by atoms with Gasteiger partial charge in [0.25, 0.3) is 5.69 Å². The van der Waals surface area contributed by atoms with Crippen molar-refractivity contribution in [2.24, 2.45) is 0 Å². The van der Waals surface area contributed by atoms with Crippen molar-refractivity contribution in [3.63, 3.8) is 0 Å². The monoisotopic (exact) mass is 300 g/mol. The minimum absolute atomic E-state index is 0.196. The molecule has 2 unspecified atom stereocenters. The van der Waals surface area contributed by atoms with Crippen LogP contribution in [-0.2, 0) is 4.74 Å². The number of ether oxygens (including phenoxy) is 1. The first-order valence-electron chi connectivity index (χ1n) is 6.89. The zero-order valence-corrected chi connectivity index (χ0v) is 12.0. The van der Waals surface area contributed by atoms with Crippen LogP contribution in [0.5, 0.6) is 0 Å². The van der Waals surface area contributed by atoms with Crippen molar-refractivity contribution in [1.82, 2.24) is 0 Å². The number of nitro groups is 1. The van der Waals surface area contributed by atoms with E-state index in [-0.39, 0.29) is 17.3 Å². The van der Waals surface area contributed by atoms with E-state index in [1.807, 2.05) is 13.8 Å². The Bertz CT molecular complexity index is 553. The third kappa shape index (κ3) is 3.29. The van der Waals surface area contributed by atoms with Crippen molar-refractivity contribution >= 4 is 11.4 Å². The zero-order chi connectivity index (χ0) is 15.6. The first kappa shape index (κ1) is 15.6. The molecule has 1 fully saturated rings. The number of rotatable bonds is 4. The summed E-state index contributed by atoms with van der Waals surface area (Å²) in [6.07, 6.45) is 1.94. The second-order valence-corrected chi connectivity index (χ2v) is 5.50. The SMILES string of the molecule is CCC1(C)CC(Nc2c([N+](=O)[O-])ccc(F)c2F)CCO1. The van der Waals surface area contributed by atoms with Crippen molar-refractivity contribution < 1.29 is 18.4 Å². The van der Waals surface area contributed by atoms with Crippen LogP contribution < -0.4 is 5.32 Å². The summed E-state index contributed by atoms with van der Waals surface area (Å²) in [7, 11) is 0. The Morgan fingerprint density at radius 2 is 2.24 bits per heavy atom. The molecule has 1 saturated heterocycles. The Hall–Kier alpha value is -1.76. The second-order valence-electron chi connectivity index (χ2n) is 5.50. The fourth-order valence-electron chi connectivity index (χ4n) is 2.53. The van der Waals surface area contributed by atoms with Gasteiger partial charge in [0.15, 0.2) is 17.3 Å². The van der Waals surface area contributed by atoms with E-state index in [4.69, 9.17) is 4.74 Å². The highest BCUT2D eigenvalue weighted by molar-refractivity contribution is 5.63. The highest BCUT2D eigenvalue weighted by atomic mass is 19.2. The highest BCUT2D eigenvalue weighted by Gasteiger charge is 2.33. The molecule has 0 aliphatic carbocycles. The Morgan fingerprint density at radius 1 is 1.52 bits per heavy atom. The van der Waals surface area contributed by atoms with Crippen LogP contribution in [0.1, 0.15) is 33.1 Å².